The highest BCUT2D eigenvalue weighted by Crippen LogP contribution is 2.39. The SMILES string of the molecule is CCCCCCC(CCCC(C)C)C(C)(C)CCC. The number of hydrogen-bond acceptors (Lipinski definition) is 0. The Morgan fingerprint density at radius 1 is 0.737 bits per heavy atom. The molecule has 1 unspecified atom stereocenters. The Balaban J connectivity index is 4.21. The lowest BCUT2D eigenvalue weighted by Gasteiger charge is -2.35. The van der Waals surface area contributed by atoms with Crippen LogP contribution in [-0.4, -0.2) is 0 Å². The van der Waals surface area contributed by atoms with E-state index >= 15 is 0 Å². The van der Waals surface area contributed by atoms with Crippen LogP contribution in [0.2, 0.25) is 0 Å². The third-order valence-corrected chi connectivity index (χ3v) is 4.74. The van der Waals surface area contributed by atoms with E-state index in [9.17, 15) is 0 Å². The summed E-state index contributed by atoms with van der Waals surface area (Å²) in [6.07, 6.45) is 14.2. The summed E-state index contributed by atoms with van der Waals surface area (Å²) in [5.41, 5.74) is 0.554. The van der Waals surface area contributed by atoms with E-state index in [1.807, 2.05) is 0 Å². The molecule has 0 aromatic carbocycles. The molecule has 0 saturated carbocycles. The fourth-order valence-corrected chi connectivity index (χ4v) is 3.36. The van der Waals surface area contributed by atoms with E-state index in [0.29, 0.717) is 5.41 Å². The molecule has 0 spiro atoms. The summed E-state index contributed by atoms with van der Waals surface area (Å²) in [6.45, 7) is 14.4. The maximum Gasteiger partial charge on any atom is -0.0326 e. The van der Waals surface area contributed by atoms with Crippen molar-refractivity contribution in [3.05, 3.63) is 0 Å². The van der Waals surface area contributed by atoms with E-state index < -0.39 is 0 Å². The third kappa shape index (κ3) is 9.52. The van der Waals surface area contributed by atoms with Gasteiger partial charge in [0.2, 0.25) is 0 Å². The van der Waals surface area contributed by atoms with Crippen molar-refractivity contribution in [2.75, 3.05) is 0 Å². The van der Waals surface area contributed by atoms with E-state index in [0.717, 1.165) is 11.8 Å². The summed E-state index contributed by atoms with van der Waals surface area (Å²) in [5.74, 6) is 1.82. The molecule has 0 saturated heterocycles. The fourth-order valence-electron chi connectivity index (χ4n) is 3.36. The van der Waals surface area contributed by atoms with Crippen molar-refractivity contribution in [1.29, 1.82) is 0 Å². The molecular weight excluding hydrogens is 228 g/mol. The van der Waals surface area contributed by atoms with Crippen LogP contribution in [0.25, 0.3) is 0 Å². The van der Waals surface area contributed by atoms with Gasteiger partial charge in [0.25, 0.3) is 0 Å². The standard InChI is InChI=1S/C19H40/c1-7-9-10-11-14-18(15-12-13-17(3)4)19(5,6)16-8-2/h17-18H,7-16H2,1-6H3. The third-order valence-electron chi connectivity index (χ3n) is 4.74. The molecule has 0 heteroatoms. The maximum absolute atomic E-state index is 2.51. The topological polar surface area (TPSA) is 0 Å². The second-order valence-corrected chi connectivity index (χ2v) is 7.61. The van der Waals surface area contributed by atoms with Gasteiger partial charge in [-0.05, 0) is 36.5 Å². The van der Waals surface area contributed by atoms with Crippen molar-refractivity contribution in [2.45, 2.75) is 106 Å². The fraction of sp³-hybridized carbons (Fsp3) is 1.00. The summed E-state index contributed by atoms with van der Waals surface area (Å²) in [4.78, 5) is 0. The van der Waals surface area contributed by atoms with E-state index in [1.54, 1.807) is 0 Å². The Morgan fingerprint density at radius 3 is 1.89 bits per heavy atom. The van der Waals surface area contributed by atoms with Crippen LogP contribution < -0.4 is 0 Å². The van der Waals surface area contributed by atoms with Crippen molar-refractivity contribution in [2.24, 2.45) is 17.3 Å². The summed E-state index contributed by atoms with van der Waals surface area (Å²) >= 11 is 0. The highest BCUT2D eigenvalue weighted by atomic mass is 14.3. The second kappa shape index (κ2) is 10.7. The number of hydrogen-bond donors (Lipinski definition) is 0. The predicted octanol–water partition coefficient (Wildman–Crippen LogP) is 7.23. The molecule has 0 bridgehead atoms. The Kier molecular flexibility index (Phi) is 10.7. The molecule has 0 nitrogen and oxygen atoms in total. The van der Waals surface area contributed by atoms with E-state index in [4.69, 9.17) is 0 Å². The molecule has 0 amide bonds. The first-order valence-electron chi connectivity index (χ1n) is 8.94. The van der Waals surface area contributed by atoms with Crippen molar-refractivity contribution in [1.82, 2.24) is 0 Å². The first-order valence-corrected chi connectivity index (χ1v) is 8.94. The molecule has 116 valence electrons. The predicted molar refractivity (Wildman–Crippen MR) is 89.6 cm³/mol. The van der Waals surface area contributed by atoms with Crippen molar-refractivity contribution in [3.8, 4) is 0 Å². The molecule has 0 N–H and O–H groups in total. The van der Waals surface area contributed by atoms with Gasteiger partial charge < -0.3 is 0 Å². The quantitative estimate of drug-likeness (QED) is 0.328. The molecule has 0 aromatic rings. The van der Waals surface area contributed by atoms with Crippen LogP contribution in [0.5, 0.6) is 0 Å². The van der Waals surface area contributed by atoms with Crippen LogP contribution in [0.4, 0.5) is 0 Å². The van der Waals surface area contributed by atoms with Crippen LogP contribution >= 0.6 is 0 Å². The highest BCUT2D eigenvalue weighted by molar-refractivity contribution is 4.78. The largest absolute Gasteiger partial charge is 0.0654 e. The van der Waals surface area contributed by atoms with Gasteiger partial charge in [-0.2, -0.15) is 0 Å². The van der Waals surface area contributed by atoms with Crippen molar-refractivity contribution >= 4 is 0 Å². The molecule has 0 aliphatic rings. The lowest BCUT2D eigenvalue weighted by atomic mass is 9.71. The van der Waals surface area contributed by atoms with Gasteiger partial charge in [0.15, 0.2) is 0 Å². The first-order chi connectivity index (χ1) is 8.94. The second-order valence-electron chi connectivity index (χ2n) is 7.61. The molecular formula is C19H40. The van der Waals surface area contributed by atoms with Gasteiger partial charge in [-0.25, -0.2) is 0 Å². The van der Waals surface area contributed by atoms with Crippen molar-refractivity contribution < 1.29 is 0 Å². The highest BCUT2D eigenvalue weighted by Gasteiger charge is 2.27. The van der Waals surface area contributed by atoms with Crippen LogP contribution in [0.1, 0.15) is 106 Å². The van der Waals surface area contributed by atoms with Gasteiger partial charge in [-0.3, -0.25) is 0 Å². The molecule has 0 radical (unpaired) electrons. The molecule has 0 aromatic heterocycles. The van der Waals surface area contributed by atoms with Gasteiger partial charge in [0.05, 0.1) is 0 Å². The van der Waals surface area contributed by atoms with Gasteiger partial charge in [-0.15, -0.1) is 0 Å². The first kappa shape index (κ1) is 19.0. The summed E-state index contributed by atoms with van der Waals surface area (Å²) in [7, 11) is 0. The van der Waals surface area contributed by atoms with E-state index in [1.165, 1.54) is 64.2 Å². The minimum Gasteiger partial charge on any atom is -0.0654 e. The van der Waals surface area contributed by atoms with Crippen LogP contribution in [0.15, 0.2) is 0 Å². The lowest BCUT2D eigenvalue weighted by molar-refractivity contribution is 0.161. The number of unbranched alkanes of at least 4 members (excludes halogenated alkanes) is 3. The van der Waals surface area contributed by atoms with Crippen molar-refractivity contribution in [3.63, 3.8) is 0 Å². The zero-order valence-corrected chi connectivity index (χ0v) is 14.7. The van der Waals surface area contributed by atoms with E-state index in [-0.39, 0.29) is 0 Å². The Labute approximate surface area is 123 Å². The Morgan fingerprint density at radius 2 is 1.37 bits per heavy atom. The van der Waals surface area contributed by atoms with Gasteiger partial charge >= 0.3 is 0 Å². The van der Waals surface area contributed by atoms with Gasteiger partial charge in [0.1, 0.15) is 0 Å². The lowest BCUT2D eigenvalue weighted by Crippen LogP contribution is -2.24. The minimum atomic E-state index is 0.554. The monoisotopic (exact) mass is 268 g/mol. The molecule has 0 fully saturated rings. The minimum absolute atomic E-state index is 0.554. The van der Waals surface area contributed by atoms with Gasteiger partial charge in [-0.1, -0.05) is 86.5 Å². The Bertz CT molecular complexity index is 190. The van der Waals surface area contributed by atoms with Gasteiger partial charge in [0, 0.05) is 0 Å². The molecule has 0 aliphatic carbocycles. The summed E-state index contributed by atoms with van der Waals surface area (Å²) in [6, 6.07) is 0. The molecule has 0 aliphatic heterocycles. The maximum atomic E-state index is 2.51. The van der Waals surface area contributed by atoms with Crippen LogP contribution in [0.3, 0.4) is 0 Å². The average molecular weight is 269 g/mol. The zero-order chi connectivity index (χ0) is 14.7. The molecule has 19 heavy (non-hydrogen) atoms. The van der Waals surface area contributed by atoms with Crippen LogP contribution in [0, 0.1) is 17.3 Å². The average Bonchev–Trinajstić information content (AvgIpc) is 2.31. The van der Waals surface area contributed by atoms with Crippen LogP contribution in [-0.2, 0) is 0 Å². The smallest absolute Gasteiger partial charge is 0.0326 e. The molecule has 0 heterocycles. The Hall–Kier alpha value is 0. The number of rotatable bonds is 12. The molecule has 1 atom stereocenters. The normalized spacial score (nSPS) is 14.1. The molecule has 0 rings (SSSR count). The van der Waals surface area contributed by atoms with E-state index in [2.05, 4.69) is 41.5 Å². The summed E-state index contributed by atoms with van der Waals surface area (Å²) < 4.78 is 0. The zero-order valence-electron chi connectivity index (χ0n) is 14.7. The summed E-state index contributed by atoms with van der Waals surface area (Å²) in [5, 5.41) is 0.